The van der Waals surface area contributed by atoms with Crippen LogP contribution in [0.3, 0.4) is 0 Å². The molecular formula is C14H17NO3. The van der Waals surface area contributed by atoms with Crippen molar-refractivity contribution in [3.63, 3.8) is 0 Å². The van der Waals surface area contributed by atoms with Crippen molar-refractivity contribution in [1.82, 2.24) is 5.32 Å². The van der Waals surface area contributed by atoms with Gasteiger partial charge in [-0.25, -0.2) is 0 Å². The third-order valence-electron chi connectivity index (χ3n) is 3.47. The largest absolute Gasteiger partial charge is 0.371 e. The topological polar surface area (TPSA) is 50.9 Å². The number of nitrogens with one attached hydrogen (secondary N) is 1. The lowest BCUT2D eigenvalue weighted by atomic mass is 9.89. The van der Waals surface area contributed by atoms with E-state index in [9.17, 15) is 4.79 Å². The first kappa shape index (κ1) is 11.7. The molecule has 0 bridgehead atoms. The number of hydrogen-bond donors (Lipinski definition) is 1. The van der Waals surface area contributed by atoms with Crippen LogP contribution in [0.5, 0.6) is 0 Å². The molecule has 18 heavy (non-hydrogen) atoms. The van der Waals surface area contributed by atoms with Crippen molar-refractivity contribution in [3.8, 4) is 0 Å². The van der Waals surface area contributed by atoms with Gasteiger partial charge in [0.05, 0.1) is 25.4 Å². The Balaban J connectivity index is 1.44. The van der Waals surface area contributed by atoms with Crippen LogP contribution in [0.4, 0.5) is 0 Å². The minimum atomic E-state index is -0.208. The molecule has 1 aliphatic heterocycles. The Bertz CT molecular complexity index is 416. The first-order chi connectivity index (χ1) is 8.83. The lowest BCUT2D eigenvalue weighted by molar-refractivity contribution is -0.126. The molecule has 1 unspecified atom stereocenters. The molecule has 1 N–H and O–H groups in total. The summed E-state index contributed by atoms with van der Waals surface area (Å²) in [5.74, 6) is 0.00742. The van der Waals surface area contributed by atoms with Gasteiger partial charge in [-0.3, -0.25) is 4.79 Å². The molecule has 3 atom stereocenters. The van der Waals surface area contributed by atoms with Crippen LogP contribution in [0.15, 0.2) is 30.3 Å². The van der Waals surface area contributed by atoms with Gasteiger partial charge < -0.3 is 14.8 Å². The maximum absolute atomic E-state index is 11.5. The van der Waals surface area contributed by atoms with Crippen LogP contribution in [0.2, 0.25) is 0 Å². The molecule has 3 rings (SSSR count). The van der Waals surface area contributed by atoms with E-state index in [1.54, 1.807) is 0 Å². The quantitative estimate of drug-likeness (QED) is 0.797. The maximum atomic E-state index is 11.5. The Morgan fingerprint density at radius 2 is 2.11 bits per heavy atom. The third kappa shape index (κ3) is 2.71. The third-order valence-corrected chi connectivity index (χ3v) is 3.47. The van der Waals surface area contributed by atoms with Crippen LogP contribution >= 0.6 is 0 Å². The van der Waals surface area contributed by atoms with Gasteiger partial charge in [0.15, 0.2) is 6.10 Å². The zero-order valence-electron chi connectivity index (χ0n) is 10.2. The smallest absolute Gasteiger partial charge is 0.251 e. The summed E-state index contributed by atoms with van der Waals surface area (Å²) in [6, 6.07) is 10.2. The minimum Gasteiger partial charge on any atom is -0.371 e. The van der Waals surface area contributed by atoms with Crippen LogP contribution in [0, 0.1) is 0 Å². The maximum Gasteiger partial charge on any atom is 0.251 e. The van der Waals surface area contributed by atoms with Gasteiger partial charge in [0.25, 0.3) is 5.91 Å². The lowest BCUT2D eigenvalue weighted by Gasteiger charge is -2.36. The van der Waals surface area contributed by atoms with Gasteiger partial charge in [-0.05, 0) is 18.4 Å². The molecule has 4 heteroatoms. The molecule has 1 saturated heterocycles. The molecule has 1 aromatic carbocycles. The van der Waals surface area contributed by atoms with Crippen molar-refractivity contribution in [3.05, 3.63) is 35.9 Å². The van der Waals surface area contributed by atoms with Crippen LogP contribution in [0.25, 0.3) is 0 Å². The SMILES string of the molecule is O=C(N[C@@H]1CC[C@H]1OCc1ccccc1)C1CO1. The molecule has 4 nitrogen and oxygen atoms in total. The molecule has 1 heterocycles. The summed E-state index contributed by atoms with van der Waals surface area (Å²) in [4.78, 5) is 11.5. The molecular weight excluding hydrogens is 230 g/mol. The van der Waals surface area contributed by atoms with Crippen molar-refractivity contribution in [1.29, 1.82) is 0 Å². The molecule has 0 radical (unpaired) electrons. The molecule has 0 aromatic heterocycles. The summed E-state index contributed by atoms with van der Waals surface area (Å²) < 4.78 is 10.8. The van der Waals surface area contributed by atoms with Gasteiger partial charge in [-0.2, -0.15) is 0 Å². The summed E-state index contributed by atoms with van der Waals surface area (Å²) >= 11 is 0. The van der Waals surface area contributed by atoms with Crippen molar-refractivity contribution in [2.45, 2.75) is 37.7 Å². The second kappa shape index (κ2) is 5.08. The molecule has 1 aromatic rings. The van der Waals surface area contributed by atoms with E-state index in [-0.39, 0.29) is 24.2 Å². The van der Waals surface area contributed by atoms with Gasteiger partial charge in [0.1, 0.15) is 0 Å². The van der Waals surface area contributed by atoms with Crippen LogP contribution in [-0.2, 0) is 20.9 Å². The molecule has 96 valence electrons. The van der Waals surface area contributed by atoms with Gasteiger partial charge in [-0.15, -0.1) is 0 Å². The Kier molecular flexibility index (Phi) is 3.30. The van der Waals surface area contributed by atoms with Gasteiger partial charge in [0.2, 0.25) is 0 Å². The van der Waals surface area contributed by atoms with Crippen molar-refractivity contribution in [2.75, 3.05) is 6.61 Å². The fraction of sp³-hybridized carbons (Fsp3) is 0.500. The summed E-state index contributed by atoms with van der Waals surface area (Å²) in [6.07, 6.45) is 1.95. The normalized spacial score (nSPS) is 29.4. The average Bonchev–Trinajstić information content (AvgIpc) is 3.20. The van der Waals surface area contributed by atoms with E-state index < -0.39 is 0 Å². The zero-order valence-corrected chi connectivity index (χ0v) is 10.2. The number of ether oxygens (including phenoxy) is 2. The van der Waals surface area contributed by atoms with E-state index in [2.05, 4.69) is 5.32 Å². The van der Waals surface area contributed by atoms with Crippen LogP contribution in [-0.4, -0.2) is 30.8 Å². The average molecular weight is 247 g/mol. The molecule has 1 saturated carbocycles. The van der Waals surface area contributed by atoms with Crippen molar-refractivity contribution in [2.24, 2.45) is 0 Å². The Morgan fingerprint density at radius 1 is 1.33 bits per heavy atom. The highest BCUT2D eigenvalue weighted by Crippen LogP contribution is 2.25. The van der Waals surface area contributed by atoms with Crippen LogP contribution in [0.1, 0.15) is 18.4 Å². The summed E-state index contributed by atoms with van der Waals surface area (Å²) in [5.41, 5.74) is 1.17. The molecule has 1 amide bonds. The molecule has 2 aliphatic rings. The molecule has 1 aliphatic carbocycles. The molecule has 2 fully saturated rings. The standard InChI is InChI=1S/C14H17NO3/c16-14(13-9-18-13)15-11-6-7-12(11)17-8-10-4-2-1-3-5-10/h1-5,11-13H,6-9H2,(H,15,16)/t11-,12-,13?/m1/s1. The second-order valence-corrected chi connectivity index (χ2v) is 4.85. The van der Waals surface area contributed by atoms with E-state index in [1.165, 1.54) is 5.56 Å². The predicted molar refractivity (Wildman–Crippen MR) is 65.9 cm³/mol. The first-order valence-corrected chi connectivity index (χ1v) is 6.40. The van der Waals surface area contributed by atoms with Crippen LogP contribution < -0.4 is 5.32 Å². The number of epoxide rings is 1. The number of amides is 1. The van der Waals surface area contributed by atoms with Gasteiger partial charge >= 0.3 is 0 Å². The fourth-order valence-corrected chi connectivity index (χ4v) is 2.09. The number of hydrogen-bond acceptors (Lipinski definition) is 3. The highest BCUT2D eigenvalue weighted by atomic mass is 16.6. The second-order valence-electron chi connectivity index (χ2n) is 4.85. The molecule has 0 spiro atoms. The van der Waals surface area contributed by atoms with E-state index in [0.717, 1.165) is 12.8 Å². The van der Waals surface area contributed by atoms with Gasteiger partial charge in [-0.1, -0.05) is 30.3 Å². The Morgan fingerprint density at radius 3 is 2.72 bits per heavy atom. The summed E-state index contributed by atoms with van der Waals surface area (Å²) in [7, 11) is 0. The summed E-state index contributed by atoms with van der Waals surface area (Å²) in [5, 5.41) is 2.98. The Labute approximate surface area is 106 Å². The van der Waals surface area contributed by atoms with E-state index in [0.29, 0.717) is 13.2 Å². The van der Waals surface area contributed by atoms with Gasteiger partial charge in [0, 0.05) is 0 Å². The monoisotopic (exact) mass is 247 g/mol. The number of carbonyl (C=O) groups is 1. The van der Waals surface area contributed by atoms with E-state index in [4.69, 9.17) is 9.47 Å². The summed E-state index contributed by atoms with van der Waals surface area (Å²) in [6.45, 7) is 1.17. The minimum absolute atomic E-state index is 0.00742. The number of rotatable bonds is 5. The number of carbonyl (C=O) groups excluding carboxylic acids is 1. The number of benzene rings is 1. The Hall–Kier alpha value is -1.39. The highest BCUT2D eigenvalue weighted by Gasteiger charge is 2.38. The fourth-order valence-electron chi connectivity index (χ4n) is 2.09. The zero-order chi connectivity index (χ0) is 12.4. The first-order valence-electron chi connectivity index (χ1n) is 6.40. The predicted octanol–water partition coefficient (Wildman–Crippen LogP) is 1.25. The lowest BCUT2D eigenvalue weighted by Crippen LogP contribution is -2.52. The van der Waals surface area contributed by atoms with E-state index >= 15 is 0 Å². The highest BCUT2D eigenvalue weighted by molar-refractivity contribution is 5.83. The van der Waals surface area contributed by atoms with Crippen molar-refractivity contribution >= 4 is 5.91 Å². The van der Waals surface area contributed by atoms with E-state index in [1.807, 2.05) is 30.3 Å². The van der Waals surface area contributed by atoms with Crippen molar-refractivity contribution < 1.29 is 14.3 Å².